The molecule has 0 fully saturated rings. The highest BCUT2D eigenvalue weighted by atomic mass is 35.5. The van der Waals surface area contributed by atoms with E-state index in [0.717, 1.165) is 28.2 Å². The predicted octanol–water partition coefficient (Wildman–Crippen LogP) is 4.16. The molecule has 0 saturated heterocycles. The van der Waals surface area contributed by atoms with Gasteiger partial charge in [-0.3, -0.25) is 0 Å². The molecular weight excluding hydrogens is 270 g/mol. The lowest BCUT2D eigenvalue weighted by Gasteiger charge is -2.01. The van der Waals surface area contributed by atoms with Crippen LogP contribution in [0.3, 0.4) is 0 Å². The van der Waals surface area contributed by atoms with Gasteiger partial charge in [0.15, 0.2) is 0 Å². The van der Waals surface area contributed by atoms with Crippen molar-refractivity contribution in [2.24, 2.45) is 10.2 Å². The van der Waals surface area contributed by atoms with E-state index in [1.165, 1.54) is 0 Å². The van der Waals surface area contributed by atoms with E-state index >= 15 is 0 Å². The number of hydrogen-bond acceptors (Lipinski definition) is 3. The second kappa shape index (κ2) is 6.35. The van der Waals surface area contributed by atoms with Crippen molar-refractivity contribution in [1.82, 2.24) is 0 Å². The molecular formula is C16H16ClN3. The second-order valence-corrected chi connectivity index (χ2v) is 4.94. The van der Waals surface area contributed by atoms with E-state index in [9.17, 15) is 0 Å². The molecule has 0 radical (unpaired) electrons. The van der Waals surface area contributed by atoms with Crippen LogP contribution in [0.15, 0.2) is 58.7 Å². The molecule has 2 N–H and O–H groups in total. The molecule has 0 aromatic heterocycles. The number of nitrogens with zero attached hydrogens (tertiary/aromatic N) is 2. The summed E-state index contributed by atoms with van der Waals surface area (Å²) in [5.74, 6) is 0. The number of nitrogen functional groups attached to an aromatic ring is 1. The minimum absolute atomic E-state index is 0.711. The normalized spacial score (nSPS) is 12.6. The van der Waals surface area contributed by atoms with E-state index in [1.54, 1.807) is 0 Å². The van der Waals surface area contributed by atoms with E-state index in [2.05, 4.69) is 10.2 Å². The van der Waals surface area contributed by atoms with Crippen LogP contribution in [-0.2, 0) is 0 Å². The average molecular weight is 286 g/mol. The molecule has 4 heteroatoms. The zero-order valence-corrected chi connectivity index (χ0v) is 12.2. The van der Waals surface area contributed by atoms with E-state index < -0.39 is 0 Å². The molecule has 0 bridgehead atoms. The quantitative estimate of drug-likeness (QED) is 0.514. The van der Waals surface area contributed by atoms with Crippen LogP contribution in [0.1, 0.15) is 25.0 Å². The van der Waals surface area contributed by atoms with E-state index in [1.807, 2.05) is 62.4 Å². The average Bonchev–Trinajstić information content (AvgIpc) is 2.46. The zero-order chi connectivity index (χ0) is 14.5. The Kier molecular flexibility index (Phi) is 4.53. The molecule has 0 atom stereocenters. The van der Waals surface area contributed by atoms with Gasteiger partial charge in [-0.15, -0.1) is 0 Å². The summed E-state index contributed by atoms with van der Waals surface area (Å²) in [7, 11) is 0. The van der Waals surface area contributed by atoms with Crippen LogP contribution in [0.5, 0.6) is 0 Å². The molecule has 102 valence electrons. The zero-order valence-electron chi connectivity index (χ0n) is 11.5. The minimum atomic E-state index is 0.711. The summed E-state index contributed by atoms with van der Waals surface area (Å²) >= 11 is 5.86. The van der Waals surface area contributed by atoms with Crippen LogP contribution < -0.4 is 5.73 Å². The summed E-state index contributed by atoms with van der Waals surface area (Å²) < 4.78 is 0. The third-order valence-corrected chi connectivity index (χ3v) is 3.19. The van der Waals surface area contributed by atoms with Crippen LogP contribution in [0.2, 0.25) is 5.02 Å². The summed E-state index contributed by atoms with van der Waals surface area (Å²) in [5.41, 5.74) is 10.1. The van der Waals surface area contributed by atoms with Crippen LogP contribution >= 0.6 is 11.6 Å². The van der Waals surface area contributed by atoms with E-state index in [4.69, 9.17) is 17.3 Å². The molecule has 0 aliphatic rings. The molecule has 0 aliphatic carbocycles. The largest absolute Gasteiger partial charge is 0.399 e. The smallest absolute Gasteiger partial charge is 0.0671 e. The van der Waals surface area contributed by atoms with Crippen molar-refractivity contribution in [1.29, 1.82) is 0 Å². The highest BCUT2D eigenvalue weighted by Gasteiger charge is 1.99. The fourth-order valence-electron chi connectivity index (χ4n) is 1.68. The Morgan fingerprint density at radius 1 is 0.800 bits per heavy atom. The van der Waals surface area contributed by atoms with Gasteiger partial charge in [-0.25, -0.2) is 0 Å². The molecule has 0 aliphatic heterocycles. The highest BCUT2D eigenvalue weighted by Crippen LogP contribution is 2.11. The van der Waals surface area contributed by atoms with Crippen molar-refractivity contribution in [3.63, 3.8) is 0 Å². The molecule has 2 aromatic carbocycles. The van der Waals surface area contributed by atoms with Crippen LogP contribution in [0.25, 0.3) is 0 Å². The number of nitrogens with two attached hydrogens (primary N) is 1. The van der Waals surface area contributed by atoms with Gasteiger partial charge in [-0.2, -0.15) is 10.2 Å². The number of halogens is 1. The Balaban J connectivity index is 2.19. The first kappa shape index (κ1) is 14.3. The molecule has 2 aromatic rings. The number of anilines is 1. The maximum absolute atomic E-state index is 5.86. The molecule has 3 nitrogen and oxygen atoms in total. The Hall–Kier alpha value is -2.13. The maximum Gasteiger partial charge on any atom is 0.0671 e. The summed E-state index contributed by atoms with van der Waals surface area (Å²) in [4.78, 5) is 0. The standard InChI is InChI=1S/C16H16ClN3/c1-11(13-3-7-15(17)8-4-13)19-20-12(2)14-5-9-16(18)10-6-14/h3-10H,18H2,1-2H3/b19-11+,20-12+. The Labute approximate surface area is 123 Å². The predicted molar refractivity (Wildman–Crippen MR) is 86.7 cm³/mol. The van der Waals surface area contributed by atoms with Crippen molar-refractivity contribution < 1.29 is 0 Å². The van der Waals surface area contributed by atoms with Gasteiger partial charge in [0, 0.05) is 10.7 Å². The van der Waals surface area contributed by atoms with Gasteiger partial charge in [0.25, 0.3) is 0 Å². The fourth-order valence-corrected chi connectivity index (χ4v) is 1.81. The van der Waals surface area contributed by atoms with E-state index in [0.29, 0.717) is 5.02 Å². The van der Waals surface area contributed by atoms with Crippen molar-refractivity contribution in [3.8, 4) is 0 Å². The highest BCUT2D eigenvalue weighted by molar-refractivity contribution is 6.30. The maximum atomic E-state index is 5.86. The Bertz CT molecular complexity index is 581. The lowest BCUT2D eigenvalue weighted by molar-refractivity contribution is 1.22. The second-order valence-electron chi connectivity index (χ2n) is 4.50. The van der Waals surface area contributed by atoms with Gasteiger partial charge >= 0.3 is 0 Å². The topological polar surface area (TPSA) is 50.7 Å². The first-order valence-electron chi connectivity index (χ1n) is 6.27. The van der Waals surface area contributed by atoms with Gasteiger partial charge in [-0.05, 0) is 49.2 Å². The number of rotatable bonds is 3. The molecule has 0 spiro atoms. The van der Waals surface area contributed by atoms with Gasteiger partial charge in [0.2, 0.25) is 0 Å². The lowest BCUT2D eigenvalue weighted by Crippen LogP contribution is -1.97. The first-order chi connectivity index (χ1) is 9.56. The van der Waals surface area contributed by atoms with Crippen molar-refractivity contribution in [2.45, 2.75) is 13.8 Å². The van der Waals surface area contributed by atoms with Crippen LogP contribution in [0.4, 0.5) is 5.69 Å². The SMILES string of the molecule is C/C(=N\N=C(/C)c1ccc(Cl)cc1)c1ccc(N)cc1. The molecule has 0 unspecified atom stereocenters. The molecule has 0 amide bonds. The molecule has 0 saturated carbocycles. The summed E-state index contributed by atoms with van der Waals surface area (Å²) in [6.45, 7) is 3.84. The molecule has 2 rings (SSSR count). The van der Waals surface area contributed by atoms with Gasteiger partial charge in [0.05, 0.1) is 11.4 Å². The van der Waals surface area contributed by atoms with Gasteiger partial charge < -0.3 is 5.73 Å². The van der Waals surface area contributed by atoms with Gasteiger partial charge in [0.1, 0.15) is 0 Å². The Morgan fingerprint density at radius 2 is 1.20 bits per heavy atom. The van der Waals surface area contributed by atoms with Crippen molar-refractivity contribution in [2.75, 3.05) is 5.73 Å². The molecule has 20 heavy (non-hydrogen) atoms. The van der Waals surface area contributed by atoms with Crippen LogP contribution in [-0.4, -0.2) is 11.4 Å². The van der Waals surface area contributed by atoms with Crippen molar-refractivity contribution in [3.05, 3.63) is 64.7 Å². The van der Waals surface area contributed by atoms with Crippen LogP contribution in [0, 0.1) is 0 Å². The van der Waals surface area contributed by atoms with Gasteiger partial charge in [-0.1, -0.05) is 35.9 Å². The Morgan fingerprint density at radius 3 is 1.65 bits per heavy atom. The number of hydrogen-bond donors (Lipinski definition) is 1. The minimum Gasteiger partial charge on any atom is -0.399 e. The third kappa shape index (κ3) is 3.68. The summed E-state index contributed by atoms with van der Waals surface area (Å²) in [5, 5.41) is 9.22. The molecule has 0 heterocycles. The lowest BCUT2D eigenvalue weighted by atomic mass is 10.1. The first-order valence-corrected chi connectivity index (χ1v) is 6.65. The monoisotopic (exact) mass is 285 g/mol. The number of benzene rings is 2. The van der Waals surface area contributed by atoms with Crippen molar-refractivity contribution >= 4 is 28.7 Å². The summed E-state index contributed by atoms with van der Waals surface area (Å²) in [6, 6.07) is 15.1. The fraction of sp³-hybridized carbons (Fsp3) is 0.125. The van der Waals surface area contributed by atoms with E-state index in [-0.39, 0.29) is 0 Å². The summed E-state index contributed by atoms with van der Waals surface area (Å²) in [6.07, 6.45) is 0. The third-order valence-electron chi connectivity index (χ3n) is 2.94.